The molecule has 5 heteroatoms. The highest BCUT2D eigenvalue weighted by Gasteiger charge is 2.07. The lowest BCUT2D eigenvalue weighted by atomic mass is 10.3. The van der Waals surface area contributed by atoms with Crippen LogP contribution >= 0.6 is 0 Å². The molecule has 0 aliphatic rings. The number of hydrogen-bond acceptors (Lipinski definition) is 3. The van der Waals surface area contributed by atoms with E-state index >= 15 is 0 Å². The highest BCUT2D eigenvalue weighted by molar-refractivity contribution is 5.36. The van der Waals surface area contributed by atoms with Gasteiger partial charge in [0.1, 0.15) is 11.6 Å². The van der Waals surface area contributed by atoms with Crippen LogP contribution in [0.2, 0.25) is 0 Å². The molecule has 0 aliphatic heterocycles. The van der Waals surface area contributed by atoms with Crippen LogP contribution in [0.25, 0.3) is 0 Å². The molecule has 1 rings (SSSR count). The maximum Gasteiger partial charge on any atom is 0.272 e. The van der Waals surface area contributed by atoms with Gasteiger partial charge in [0, 0.05) is 6.20 Å². The maximum absolute atomic E-state index is 11.7. The number of nitrogens with zero attached hydrogens (tertiary/aromatic N) is 2. The molecule has 0 N–H and O–H groups in total. The molecule has 0 saturated heterocycles. The van der Waals surface area contributed by atoms with Crippen molar-refractivity contribution >= 4 is 0 Å². The molecule has 0 amide bonds. The smallest absolute Gasteiger partial charge is 0.272 e. The van der Waals surface area contributed by atoms with E-state index in [4.69, 9.17) is 5.26 Å². The monoisotopic (exact) mass is 184 g/mol. The van der Waals surface area contributed by atoms with Crippen LogP contribution in [0.3, 0.4) is 0 Å². The molecule has 68 valence electrons. The average Bonchev–Trinajstić information content (AvgIpc) is 2.15. The summed E-state index contributed by atoms with van der Waals surface area (Å²) < 4.78 is 28.0. The van der Waals surface area contributed by atoms with Gasteiger partial charge < -0.3 is 4.74 Å². The molecule has 0 unspecified atom stereocenters. The summed E-state index contributed by atoms with van der Waals surface area (Å²) in [6, 6.07) is 4.77. The summed E-state index contributed by atoms with van der Waals surface area (Å²) in [6.45, 7) is -0.744. The van der Waals surface area contributed by atoms with Gasteiger partial charge >= 0.3 is 0 Å². The molecule has 0 radical (unpaired) electrons. The summed E-state index contributed by atoms with van der Waals surface area (Å²) in [7, 11) is 0. The normalized spacial score (nSPS) is 9.69. The fraction of sp³-hybridized carbons (Fsp3) is 0.250. The molecular formula is C8H6F2N2O. The van der Waals surface area contributed by atoms with Crippen LogP contribution < -0.4 is 4.74 Å². The van der Waals surface area contributed by atoms with E-state index in [0.29, 0.717) is 0 Å². The standard InChI is InChI=1S/C8H6F2N2O/c9-7(10)5-13-8-6(4-11)2-1-3-12-8/h1-3,7H,5H2. The van der Waals surface area contributed by atoms with Gasteiger partial charge in [0.25, 0.3) is 6.43 Å². The molecule has 0 bridgehead atoms. The van der Waals surface area contributed by atoms with Crippen molar-refractivity contribution < 1.29 is 13.5 Å². The molecular weight excluding hydrogens is 178 g/mol. The van der Waals surface area contributed by atoms with Crippen LogP contribution in [-0.4, -0.2) is 18.0 Å². The lowest BCUT2D eigenvalue weighted by Gasteiger charge is -2.04. The first-order valence-electron chi connectivity index (χ1n) is 3.50. The van der Waals surface area contributed by atoms with Crippen molar-refractivity contribution in [3.05, 3.63) is 23.9 Å². The van der Waals surface area contributed by atoms with Gasteiger partial charge in [-0.25, -0.2) is 13.8 Å². The second kappa shape index (κ2) is 4.36. The van der Waals surface area contributed by atoms with Gasteiger partial charge in [-0.2, -0.15) is 5.26 Å². The van der Waals surface area contributed by atoms with Gasteiger partial charge in [-0.05, 0) is 12.1 Å². The molecule has 0 spiro atoms. The van der Waals surface area contributed by atoms with Crippen molar-refractivity contribution in [1.82, 2.24) is 4.98 Å². The topological polar surface area (TPSA) is 45.9 Å². The first kappa shape index (κ1) is 9.39. The number of halogens is 2. The van der Waals surface area contributed by atoms with Crippen LogP contribution in [-0.2, 0) is 0 Å². The van der Waals surface area contributed by atoms with Crippen molar-refractivity contribution in [3.8, 4) is 11.9 Å². The molecule has 1 aromatic heterocycles. The first-order chi connectivity index (χ1) is 6.24. The van der Waals surface area contributed by atoms with Gasteiger partial charge in [-0.3, -0.25) is 0 Å². The predicted molar refractivity (Wildman–Crippen MR) is 40.5 cm³/mol. The van der Waals surface area contributed by atoms with E-state index in [2.05, 4.69) is 9.72 Å². The highest BCUT2D eigenvalue weighted by Crippen LogP contribution is 2.13. The summed E-state index contributed by atoms with van der Waals surface area (Å²) in [5.74, 6) is -0.0506. The van der Waals surface area contributed by atoms with E-state index in [-0.39, 0.29) is 11.4 Å². The molecule has 0 aromatic carbocycles. The zero-order valence-electron chi connectivity index (χ0n) is 6.58. The summed E-state index contributed by atoms with van der Waals surface area (Å²) in [6.07, 6.45) is -1.18. The molecule has 1 aromatic rings. The van der Waals surface area contributed by atoms with E-state index in [1.54, 1.807) is 6.07 Å². The average molecular weight is 184 g/mol. The molecule has 0 aliphatic carbocycles. The summed E-state index contributed by atoms with van der Waals surface area (Å²) in [5.41, 5.74) is 0.156. The number of pyridine rings is 1. The van der Waals surface area contributed by atoms with E-state index in [9.17, 15) is 8.78 Å². The lowest BCUT2D eigenvalue weighted by Crippen LogP contribution is -2.08. The van der Waals surface area contributed by atoms with Crippen molar-refractivity contribution in [1.29, 1.82) is 5.26 Å². The summed E-state index contributed by atoms with van der Waals surface area (Å²) >= 11 is 0. The molecule has 0 fully saturated rings. The van der Waals surface area contributed by atoms with Gasteiger partial charge in [-0.1, -0.05) is 0 Å². The number of hydrogen-bond donors (Lipinski definition) is 0. The molecule has 0 saturated carbocycles. The lowest BCUT2D eigenvalue weighted by molar-refractivity contribution is 0.0794. The quantitative estimate of drug-likeness (QED) is 0.716. The Bertz CT molecular complexity index is 322. The predicted octanol–water partition coefficient (Wildman–Crippen LogP) is 1.60. The summed E-state index contributed by atoms with van der Waals surface area (Å²) in [4.78, 5) is 3.64. The van der Waals surface area contributed by atoms with Crippen LogP contribution in [0, 0.1) is 11.3 Å². The Balaban J connectivity index is 2.71. The van der Waals surface area contributed by atoms with Crippen molar-refractivity contribution in [2.45, 2.75) is 6.43 Å². The third-order valence-electron chi connectivity index (χ3n) is 1.24. The Morgan fingerprint density at radius 1 is 1.62 bits per heavy atom. The largest absolute Gasteiger partial charge is 0.471 e. The van der Waals surface area contributed by atoms with Crippen LogP contribution in [0.5, 0.6) is 5.88 Å². The second-order valence-electron chi connectivity index (χ2n) is 2.17. The Morgan fingerprint density at radius 3 is 3.00 bits per heavy atom. The van der Waals surface area contributed by atoms with E-state index in [1.807, 2.05) is 0 Å². The van der Waals surface area contributed by atoms with Gasteiger partial charge in [0.2, 0.25) is 5.88 Å². The fourth-order valence-corrected chi connectivity index (χ4v) is 0.733. The number of nitriles is 1. The van der Waals surface area contributed by atoms with Crippen molar-refractivity contribution in [3.63, 3.8) is 0 Å². The number of ether oxygens (including phenoxy) is 1. The molecule has 13 heavy (non-hydrogen) atoms. The van der Waals surface area contributed by atoms with Crippen molar-refractivity contribution in [2.24, 2.45) is 0 Å². The number of alkyl halides is 2. The first-order valence-corrected chi connectivity index (χ1v) is 3.50. The van der Waals surface area contributed by atoms with Gasteiger partial charge in [0.15, 0.2) is 6.61 Å². The minimum Gasteiger partial charge on any atom is -0.471 e. The van der Waals surface area contributed by atoms with Gasteiger partial charge in [-0.15, -0.1) is 0 Å². The highest BCUT2D eigenvalue weighted by atomic mass is 19.3. The number of aromatic nitrogens is 1. The Kier molecular flexibility index (Phi) is 3.15. The van der Waals surface area contributed by atoms with E-state index in [1.165, 1.54) is 18.3 Å². The molecule has 0 atom stereocenters. The maximum atomic E-state index is 11.7. The van der Waals surface area contributed by atoms with Crippen LogP contribution in [0.15, 0.2) is 18.3 Å². The third kappa shape index (κ3) is 2.67. The van der Waals surface area contributed by atoms with Crippen LogP contribution in [0.1, 0.15) is 5.56 Å². The Labute approximate surface area is 73.6 Å². The SMILES string of the molecule is N#Cc1cccnc1OCC(F)F. The Hall–Kier alpha value is -1.70. The molecule has 1 heterocycles. The van der Waals surface area contributed by atoms with Gasteiger partial charge in [0.05, 0.1) is 0 Å². The van der Waals surface area contributed by atoms with E-state index in [0.717, 1.165) is 0 Å². The minimum absolute atomic E-state index is 0.0506. The number of rotatable bonds is 3. The summed E-state index contributed by atoms with van der Waals surface area (Å²) in [5, 5.41) is 8.53. The Morgan fingerprint density at radius 2 is 2.38 bits per heavy atom. The fourth-order valence-electron chi connectivity index (χ4n) is 0.733. The minimum atomic E-state index is -2.56. The van der Waals surface area contributed by atoms with Crippen LogP contribution in [0.4, 0.5) is 8.78 Å². The zero-order chi connectivity index (χ0) is 9.68. The van der Waals surface area contributed by atoms with Crippen molar-refractivity contribution in [2.75, 3.05) is 6.61 Å². The molecule has 3 nitrogen and oxygen atoms in total. The van der Waals surface area contributed by atoms with E-state index < -0.39 is 13.0 Å². The second-order valence-corrected chi connectivity index (χ2v) is 2.17. The zero-order valence-corrected chi connectivity index (χ0v) is 6.58. The third-order valence-corrected chi connectivity index (χ3v) is 1.24.